The molecule has 6 nitrogen and oxygen atoms in total. The van der Waals surface area contributed by atoms with E-state index in [0.717, 1.165) is 12.8 Å². The molecule has 1 aromatic rings. The zero-order valence-electron chi connectivity index (χ0n) is 22.1. The summed E-state index contributed by atoms with van der Waals surface area (Å²) < 4.78 is 5.01. The minimum absolute atomic E-state index is 0.0550. The van der Waals surface area contributed by atoms with Gasteiger partial charge in [-0.25, -0.2) is 9.78 Å². The molecule has 6 heteroatoms. The number of nitrogens with one attached hydrogen (secondary N) is 1. The summed E-state index contributed by atoms with van der Waals surface area (Å²) in [5, 5.41) is 2.75. The second-order valence-electron chi connectivity index (χ2n) is 8.50. The van der Waals surface area contributed by atoms with Gasteiger partial charge in [-0.2, -0.15) is 0 Å². The van der Waals surface area contributed by atoms with Crippen molar-refractivity contribution in [2.45, 2.75) is 86.6 Å². The van der Waals surface area contributed by atoms with Gasteiger partial charge < -0.3 is 10.1 Å². The number of hydrogen-bond acceptors (Lipinski definition) is 5. The molecule has 0 heterocycles. The average molecular weight is 466 g/mol. The number of rotatable bonds is 12. The molecule has 0 aliphatic carbocycles. The molecule has 0 saturated heterocycles. The van der Waals surface area contributed by atoms with Crippen LogP contribution in [0.3, 0.4) is 0 Å². The van der Waals surface area contributed by atoms with E-state index in [1.807, 2.05) is 34.6 Å². The maximum Gasteiger partial charge on any atom is 0.311 e. The molecule has 2 unspecified atom stereocenters. The fourth-order valence-corrected chi connectivity index (χ4v) is 2.13. The monoisotopic (exact) mass is 465 g/mol. The molecular formula is C27H47NO5. The summed E-state index contributed by atoms with van der Waals surface area (Å²) in [6.07, 6.45) is 4.55. The van der Waals surface area contributed by atoms with Crippen molar-refractivity contribution in [2.24, 2.45) is 5.41 Å². The summed E-state index contributed by atoms with van der Waals surface area (Å²) in [5.74, 6) is 0.554. The molecule has 0 aliphatic rings. The van der Waals surface area contributed by atoms with Crippen LogP contribution in [0.25, 0.3) is 0 Å². The molecular weight excluding hydrogens is 418 g/mol. The number of benzene rings is 1. The van der Waals surface area contributed by atoms with Crippen LogP contribution in [0.4, 0.5) is 0 Å². The van der Waals surface area contributed by atoms with Crippen molar-refractivity contribution in [1.82, 2.24) is 5.32 Å². The van der Waals surface area contributed by atoms with Crippen molar-refractivity contribution in [2.75, 3.05) is 19.8 Å². The second kappa shape index (κ2) is 20.4. The Balaban J connectivity index is 0. The Morgan fingerprint density at radius 1 is 1.03 bits per heavy atom. The van der Waals surface area contributed by atoms with Crippen LogP contribution in [0.15, 0.2) is 43.0 Å². The summed E-state index contributed by atoms with van der Waals surface area (Å²) >= 11 is 0. The van der Waals surface area contributed by atoms with Gasteiger partial charge in [0.1, 0.15) is 19.8 Å². The first kappa shape index (κ1) is 33.0. The van der Waals surface area contributed by atoms with E-state index >= 15 is 0 Å². The van der Waals surface area contributed by atoms with E-state index in [9.17, 15) is 9.59 Å². The van der Waals surface area contributed by atoms with Crippen molar-refractivity contribution < 1.29 is 24.1 Å². The van der Waals surface area contributed by atoms with Crippen molar-refractivity contribution >= 4 is 11.9 Å². The Morgan fingerprint density at radius 3 is 2.06 bits per heavy atom. The van der Waals surface area contributed by atoms with Gasteiger partial charge in [0.25, 0.3) is 0 Å². The van der Waals surface area contributed by atoms with Crippen LogP contribution < -0.4 is 5.32 Å². The average Bonchev–Trinajstić information content (AvgIpc) is 2.81. The Morgan fingerprint density at radius 2 is 1.64 bits per heavy atom. The normalized spacial score (nSPS) is 12.1. The van der Waals surface area contributed by atoms with Crippen molar-refractivity contribution in [3.05, 3.63) is 48.6 Å². The van der Waals surface area contributed by atoms with E-state index in [1.54, 1.807) is 6.08 Å². The Kier molecular flexibility index (Phi) is 20.4. The standard InChI is InChI=1S/C11H20O4.C10H14.C6H13NO/c1-5-7-14-15-9-8-13-10(12)11(3,4)6-2;1-3-9(2)10-7-5-4-6-8-10;1-4-5(2)7-6(3)8/h5H,1,6-9H2,2-4H3;4-9H,3H2,1-2H3;5H,4H2,1-3H3,(H,7,8). The SMILES string of the molecule is C=CCOOCCOC(=O)C(C)(C)CC.CCC(C)NC(C)=O.CCC(C)c1ccccc1. The number of amides is 1. The molecule has 1 rings (SSSR count). The van der Waals surface area contributed by atoms with Gasteiger partial charge in [-0.15, -0.1) is 6.58 Å². The summed E-state index contributed by atoms with van der Waals surface area (Å²) in [7, 11) is 0. The van der Waals surface area contributed by atoms with Gasteiger partial charge >= 0.3 is 5.97 Å². The lowest BCUT2D eigenvalue weighted by atomic mass is 9.91. The van der Waals surface area contributed by atoms with Gasteiger partial charge in [-0.05, 0) is 51.5 Å². The van der Waals surface area contributed by atoms with E-state index in [-0.39, 0.29) is 25.1 Å². The second-order valence-corrected chi connectivity index (χ2v) is 8.50. The van der Waals surface area contributed by atoms with Gasteiger partial charge in [0.2, 0.25) is 5.91 Å². The molecule has 1 N–H and O–H groups in total. The first-order chi connectivity index (χ1) is 15.5. The quantitative estimate of drug-likeness (QED) is 0.130. The van der Waals surface area contributed by atoms with Crippen molar-refractivity contribution in [1.29, 1.82) is 0 Å². The zero-order valence-corrected chi connectivity index (χ0v) is 22.1. The topological polar surface area (TPSA) is 73.9 Å². The smallest absolute Gasteiger partial charge is 0.311 e. The Labute approximate surface area is 202 Å². The molecule has 190 valence electrons. The Hall–Kier alpha value is -2.18. The summed E-state index contributed by atoms with van der Waals surface area (Å²) in [4.78, 5) is 31.1. The van der Waals surface area contributed by atoms with Crippen LogP contribution in [0.2, 0.25) is 0 Å². The fraction of sp³-hybridized carbons (Fsp3) is 0.630. The fourth-order valence-electron chi connectivity index (χ4n) is 2.13. The molecule has 1 amide bonds. The molecule has 0 bridgehead atoms. The van der Waals surface area contributed by atoms with Crippen LogP contribution in [-0.2, 0) is 24.1 Å². The maximum absolute atomic E-state index is 11.4. The lowest BCUT2D eigenvalue weighted by Crippen LogP contribution is -2.29. The molecule has 0 aromatic heterocycles. The van der Waals surface area contributed by atoms with E-state index in [4.69, 9.17) is 9.62 Å². The first-order valence-corrected chi connectivity index (χ1v) is 11.9. The summed E-state index contributed by atoms with van der Waals surface area (Å²) in [6.45, 7) is 19.9. The van der Waals surface area contributed by atoms with Crippen LogP contribution in [0.1, 0.15) is 86.1 Å². The molecule has 0 saturated carbocycles. The molecule has 0 spiro atoms. The molecule has 0 fully saturated rings. The molecule has 1 aromatic carbocycles. The third-order valence-electron chi connectivity index (χ3n) is 5.15. The van der Waals surface area contributed by atoms with Crippen LogP contribution in [-0.4, -0.2) is 37.7 Å². The van der Waals surface area contributed by atoms with E-state index < -0.39 is 5.41 Å². The highest BCUT2D eigenvalue weighted by Crippen LogP contribution is 2.21. The van der Waals surface area contributed by atoms with Crippen LogP contribution in [0, 0.1) is 5.41 Å². The van der Waals surface area contributed by atoms with Gasteiger partial charge in [0.15, 0.2) is 0 Å². The van der Waals surface area contributed by atoms with Gasteiger partial charge in [0, 0.05) is 13.0 Å². The van der Waals surface area contributed by atoms with E-state index in [0.29, 0.717) is 18.6 Å². The largest absolute Gasteiger partial charge is 0.463 e. The third kappa shape index (κ3) is 19.0. The highest BCUT2D eigenvalue weighted by atomic mass is 17.2. The molecule has 0 aliphatic heterocycles. The summed E-state index contributed by atoms with van der Waals surface area (Å²) in [5.41, 5.74) is 1.02. The lowest BCUT2D eigenvalue weighted by Gasteiger charge is -2.19. The zero-order chi connectivity index (χ0) is 25.7. The number of hydrogen-bond donors (Lipinski definition) is 1. The highest BCUT2D eigenvalue weighted by molar-refractivity contribution is 5.75. The minimum Gasteiger partial charge on any atom is -0.463 e. The highest BCUT2D eigenvalue weighted by Gasteiger charge is 2.26. The first-order valence-electron chi connectivity index (χ1n) is 11.9. The predicted octanol–water partition coefficient (Wildman–Crippen LogP) is 6.22. The maximum atomic E-state index is 11.4. The number of carbonyl (C=O) groups is 2. The van der Waals surface area contributed by atoms with Gasteiger partial charge in [-0.1, -0.05) is 64.1 Å². The van der Waals surface area contributed by atoms with E-state index in [2.05, 4.69) is 61.0 Å². The van der Waals surface area contributed by atoms with Crippen molar-refractivity contribution in [3.8, 4) is 0 Å². The van der Waals surface area contributed by atoms with Crippen LogP contribution >= 0.6 is 0 Å². The lowest BCUT2D eigenvalue weighted by molar-refractivity contribution is -0.290. The van der Waals surface area contributed by atoms with Gasteiger partial charge in [-0.3, -0.25) is 9.59 Å². The minimum atomic E-state index is -0.429. The predicted molar refractivity (Wildman–Crippen MR) is 136 cm³/mol. The number of ether oxygens (including phenoxy) is 1. The number of carbonyl (C=O) groups excluding carboxylic acids is 2. The van der Waals surface area contributed by atoms with Crippen LogP contribution in [0.5, 0.6) is 0 Å². The van der Waals surface area contributed by atoms with E-state index in [1.165, 1.54) is 18.9 Å². The molecule has 2 atom stereocenters. The van der Waals surface area contributed by atoms with Gasteiger partial charge in [0.05, 0.1) is 5.41 Å². The number of esters is 1. The third-order valence-corrected chi connectivity index (χ3v) is 5.15. The summed E-state index contributed by atoms with van der Waals surface area (Å²) in [6, 6.07) is 11.0. The van der Waals surface area contributed by atoms with Crippen molar-refractivity contribution in [3.63, 3.8) is 0 Å². The Bertz CT molecular complexity index is 631. The molecule has 0 radical (unpaired) electrons. The molecule has 33 heavy (non-hydrogen) atoms.